The van der Waals surface area contributed by atoms with Crippen molar-refractivity contribution in [1.29, 1.82) is 0 Å². The minimum Gasteiger partial charge on any atom is -0.497 e. The second-order valence-corrected chi connectivity index (χ2v) is 9.70. The monoisotopic (exact) mass is 508 g/mol. The first kappa shape index (κ1) is 22.3. The zero-order valence-electron chi connectivity index (χ0n) is 18.7. The van der Waals surface area contributed by atoms with E-state index in [-0.39, 0.29) is 0 Å². The standard InChI is InChI=1S/C26H29BrN4O2/c1-33-21-3-5-25-23(14-21)22(6-9-28-25)26(32)16-31-10-7-19(8-11-31)29-15-20-13-17-12-18(27)2-4-24(17)30-20/h2-6,9,12-14,19,26,29-30,32H,7-8,10-11,15-16H2,1H3/t26-/m0/s1. The first-order valence-corrected chi connectivity index (χ1v) is 12.2. The largest absolute Gasteiger partial charge is 0.497 e. The number of piperidine rings is 1. The van der Waals surface area contributed by atoms with Crippen LogP contribution in [-0.4, -0.2) is 52.8 Å². The van der Waals surface area contributed by atoms with Gasteiger partial charge in [0.1, 0.15) is 5.75 Å². The van der Waals surface area contributed by atoms with Crippen LogP contribution in [0.5, 0.6) is 5.75 Å². The molecule has 1 aliphatic rings. The van der Waals surface area contributed by atoms with E-state index < -0.39 is 6.10 Å². The molecule has 0 radical (unpaired) electrons. The predicted octanol–water partition coefficient (Wildman–Crippen LogP) is 4.77. The molecule has 0 aliphatic carbocycles. The maximum atomic E-state index is 11.0. The fourth-order valence-electron chi connectivity index (χ4n) is 4.74. The summed E-state index contributed by atoms with van der Waals surface area (Å²) >= 11 is 3.54. The molecule has 7 heteroatoms. The number of aromatic amines is 1. The molecule has 1 aliphatic heterocycles. The van der Waals surface area contributed by atoms with E-state index in [0.29, 0.717) is 12.6 Å². The van der Waals surface area contributed by atoms with Gasteiger partial charge in [-0.15, -0.1) is 0 Å². The number of halogens is 1. The molecule has 2 aromatic heterocycles. The summed E-state index contributed by atoms with van der Waals surface area (Å²) in [7, 11) is 1.66. The van der Waals surface area contributed by atoms with Crippen LogP contribution in [0.25, 0.3) is 21.8 Å². The Labute approximate surface area is 202 Å². The lowest BCUT2D eigenvalue weighted by molar-refractivity contribution is 0.0948. The van der Waals surface area contributed by atoms with E-state index in [1.165, 1.54) is 16.6 Å². The van der Waals surface area contributed by atoms with Crippen LogP contribution >= 0.6 is 15.9 Å². The van der Waals surface area contributed by atoms with Crippen LogP contribution in [0.4, 0.5) is 0 Å². The van der Waals surface area contributed by atoms with Gasteiger partial charge in [-0.2, -0.15) is 0 Å². The second kappa shape index (κ2) is 9.81. The molecule has 33 heavy (non-hydrogen) atoms. The van der Waals surface area contributed by atoms with Gasteiger partial charge in [0.25, 0.3) is 0 Å². The fraction of sp³-hybridized carbons (Fsp3) is 0.346. The van der Waals surface area contributed by atoms with Gasteiger partial charge in [-0.1, -0.05) is 15.9 Å². The second-order valence-electron chi connectivity index (χ2n) is 8.78. The first-order chi connectivity index (χ1) is 16.1. The Balaban J connectivity index is 1.15. The molecule has 3 heterocycles. The van der Waals surface area contributed by atoms with E-state index in [4.69, 9.17) is 4.74 Å². The maximum absolute atomic E-state index is 11.0. The average Bonchev–Trinajstić information content (AvgIpc) is 3.24. The van der Waals surface area contributed by atoms with Crippen molar-refractivity contribution < 1.29 is 9.84 Å². The highest BCUT2D eigenvalue weighted by molar-refractivity contribution is 9.10. The van der Waals surface area contributed by atoms with Gasteiger partial charge >= 0.3 is 0 Å². The van der Waals surface area contributed by atoms with Crippen molar-refractivity contribution in [1.82, 2.24) is 20.2 Å². The number of fused-ring (bicyclic) bond motifs is 2. The van der Waals surface area contributed by atoms with Crippen molar-refractivity contribution in [2.75, 3.05) is 26.7 Å². The van der Waals surface area contributed by atoms with Gasteiger partial charge in [0, 0.05) is 51.8 Å². The SMILES string of the molecule is COc1ccc2nccc([C@@H](O)CN3CCC(NCc4cc5cc(Br)ccc5[nH]4)CC3)c2c1. The molecule has 0 amide bonds. The molecule has 4 aromatic rings. The number of aliphatic hydroxyl groups excluding tert-OH is 1. The fourth-order valence-corrected chi connectivity index (χ4v) is 5.12. The molecule has 1 fully saturated rings. The smallest absolute Gasteiger partial charge is 0.119 e. The van der Waals surface area contributed by atoms with Crippen molar-refractivity contribution in [2.24, 2.45) is 0 Å². The number of hydrogen-bond donors (Lipinski definition) is 3. The summed E-state index contributed by atoms with van der Waals surface area (Å²) in [5, 5.41) is 16.9. The van der Waals surface area contributed by atoms with Crippen LogP contribution in [0, 0.1) is 0 Å². The van der Waals surface area contributed by atoms with E-state index in [1.54, 1.807) is 13.3 Å². The summed E-state index contributed by atoms with van der Waals surface area (Å²) in [6.45, 7) is 3.41. The van der Waals surface area contributed by atoms with Gasteiger partial charge in [-0.05, 0) is 80.0 Å². The van der Waals surface area contributed by atoms with Crippen LogP contribution < -0.4 is 10.1 Å². The molecule has 5 rings (SSSR count). The zero-order chi connectivity index (χ0) is 22.8. The summed E-state index contributed by atoms with van der Waals surface area (Å²) < 4.78 is 6.46. The Hall–Kier alpha value is -2.45. The Morgan fingerprint density at radius 2 is 2.03 bits per heavy atom. The number of aliphatic hydroxyl groups is 1. The van der Waals surface area contributed by atoms with Crippen LogP contribution in [0.3, 0.4) is 0 Å². The normalized spacial score (nSPS) is 16.5. The van der Waals surface area contributed by atoms with Crippen molar-refractivity contribution in [2.45, 2.75) is 31.5 Å². The number of likely N-dealkylation sites (tertiary alicyclic amines) is 1. The Morgan fingerprint density at radius 3 is 2.85 bits per heavy atom. The van der Waals surface area contributed by atoms with E-state index in [0.717, 1.165) is 59.2 Å². The summed E-state index contributed by atoms with van der Waals surface area (Å²) in [5.41, 5.74) is 4.16. The quantitative estimate of drug-likeness (QED) is 0.335. The molecular formula is C26H29BrN4O2. The number of methoxy groups -OCH3 is 1. The topological polar surface area (TPSA) is 73.4 Å². The van der Waals surface area contributed by atoms with Crippen molar-refractivity contribution in [3.8, 4) is 5.75 Å². The molecule has 1 atom stereocenters. The lowest BCUT2D eigenvalue weighted by atomic mass is 10.0. The van der Waals surface area contributed by atoms with E-state index >= 15 is 0 Å². The van der Waals surface area contributed by atoms with E-state index in [2.05, 4.69) is 60.4 Å². The molecular weight excluding hydrogens is 480 g/mol. The number of ether oxygens (including phenoxy) is 1. The van der Waals surface area contributed by atoms with Gasteiger partial charge in [0.2, 0.25) is 0 Å². The maximum Gasteiger partial charge on any atom is 0.119 e. The molecule has 0 saturated carbocycles. The highest BCUT2D eigenvalue weighted by Gasteiger charge is 2.22. The minimum atomic E-state index is -0.558. The van der Waals surface area contributed by atoms with Crippen LogP contribution in [0.1, 0.15) is 30.2 Å². The minimum absolute atomic E-state index is 0.488. The van der Waals surface area contributed by atoms with Crippen molar-refractivity contribution in [3.05, 3.63) is 70.5 Å². The molecule has 172 valence electrons. The molecule has 6 nitrogen and oxygen atoms in total. The van der Waals surface area contributed by atoms with Crippen LogP contribution in [0.2, 0.25) is 0 Å². The number of aromatic nitrogens is 2. The highest BCUT2D eigenvalue weighted by atomic mass is 79.9. The highest BCUT2D eigenvalue weighted by Crippen LogP contribution is 2.28. The number of H-pyrrole nitrogens is 1. The first-order valence-electron chi connectivity index (χ1n) is 11.4. The third-order valence-electron chi connectivity index (χ3n) is 6.58. The van der Waals surface area contributed by atoms with Gasteiger partial charge < -0.3 is 25.0 Å². The van der Waals surface area contributed by atoms with E-state index in [1.807, 2.05) is 24.3 Å². The van der Waals surface area contributed by atoms with Gasteiger partial charge in [0.05, 0.1) is 18.7 Å². The van der Waals surface area contributed by atoms with E-state index in [9.17, 15) is 5.11 Å². The third-order valence-corrected chi connectivity index (χ3v) is 7.07. The number of pyridine rings is 1. The molecule has 2 aromatic carbocycles. The van der Waals surface area contributed by atoms with Gasteiger partial charge in [-0.3, -0.25) is 4.98 Å². The zero-order valence-corrected chi connectivity index (χ0v) is 20.3. The van der Waals surface area contributed by atoms with Gasteiger partial charge in [-0.25, -0.2) is 0 Å². The Kier molecular flexibility index (Phi) is 6.64. The lowest BCUT2D eigenvalue weighted by Crippen LogP contribution is -2.43. The molecule has 0 bridgehead atoms. The molecule has 1 saturated heterocycles. The summed E-state index contributed by atoms with van der Waals surface area (Å²) in [4.78, 5) is 10.3. The molecule has 3 N–H and O–H groups in total. The Morgan fingerprint density at radius 1 is 1.18 bits per heavy atom. The number of β-amino-alcohol motifs (C(OH)–C–C–N with tert-alkyl or cyclic N) is 1. The molecule has 0 spiro atoms. The number of nitrogens with zero attached hydrogens (tertiary/aromatic N) is 2. The van der Waals surface area contributed by atoms with Crippen LogP contribution in [0.15, 0.2) is 59.2 Å². The number of benzene rings is 2. The number of hydrogen-bond acceptors (Lipinski definition) is 5. The Bertz CT molecular complexity index is 1250. The average molecular weight is 509 g/mol. The predicted molar refractivity (Wildman–Crippen MR) is 136 cm³/mol. The summed E-state index contributed by atoms with van der Waals surface area (Å²) in [6, 6.07) is 16.7. The lowest BCUT2D eigenvalue weighted by Gasteiger charge is -2.33. The summed E-state index contributed by atoms with van der Waals surface area (Å²) in [6.07, 6.45) is 3.36. The number of nitrogens with one attached hydrogen (secondary N) is 2. The van der Waals surface area contributed by atoms with Crippen LogP contribution in [-0.2, 0) is 6.54 Å². The van der Waals surface area contributed by atoms with Crippen molar-refractivity contribution >= 4 is 37.7 Å². The number of rotatable bonds is 7. The molecule has 0 unspecified atom stereocenters. The van der Waals surface area contributed by atoms with Crippen molar-refractivity contribution in [3.63, 3.8) is 0 Å². The van der Waals surface area contributed by atoms with Gasteiger partial charge in [0.15, 0.2) is 0 Å². The third kappa shape index (κ3) is 5.06. The summed E-state index contributed by atoms with van der Waals surface area (Å²) in [5.74, 6) is 0.776.